The molecule has 2 heterocycles. The fourth-order valence-electron chi connectivity index (χ4n) is 1.86. The Kier molecular flexibility index (Phi) is 4.50. The summed E-state index contributed by atoms with van der Waals surface area (Å²) >= 11 is 0. The molecule has 2 aromatic rings. The van der Waals surface area contributed by atoms with Gasteiger partial charge < -0.3 is 10.2 Å². The van der Waals surface area contributed by atoms with Crippen molar-refractivity contribution in [2.75, 3.05) is 13.6 Å². The predicted octanol–water partition coefficient (Wildman–Crippen LogP) is 1.81. The number of furan rings is 1. The standard InChI is InChI=1S/C14H19N3O/c1-17(8-5-13-4-2-3-7-16-13)11-14-12(10-15)6-9-18-14/h2-4,6-7,9H,5,8,10-11,15H2,1H3. The van der Waals surface area contributed by atoms with Crippen molar-refractivity contribution in [1.82, 2.24) is 9.88 Å². The minimum Gasteiger partial charge on any atom is -0.468 e. The molecule has 0 aromatic carbocycles. The quantitative estimate of drug-likeness (QED) is 0.843. The van der Waals surface area contributed by atoms with Gasteiger partial charge in [0.15, 0.2) is 0 Å². The van der Waals surface area contributed by atoms with Crippen molar-refractivity contribution in [3.63, 3.8) is 0 Å². The van der Waals surface area contributed by atoms with E-state index in [9.17, 15) is 0 Å². The van der Waals surface area contributed by atoms with Crippen LogP contribution in [0.1, 0.15) is 17.0 Å². The number of pyridine rings is 1. The summed E-state index contributed by atoms with van der Waals surface area (Å²) in [4.78, 5) is 6.53. The van der Waals surface area contributed by atoms with E-state index in [1.54, 1.807) is 6.26 Å². The number of rotatable bonds is 6. The topological polar surface area (TPSA) is 55.3 Å². The highest BCUT2D eigenvalue weighted by atomic mass is 16.3. The van der Waals surface area contributed by atoms with Gasteiger partial charge in [-0.1, -0.05) is 6.07 Å². The SMILES string of the molecule is CN(CCc1ccccn1)Cc1occc1CN. The van der Waals surface area contributed by atoms with Crippen molar-refractivity contribution >= 4 is 0 Å². The lowest BCUT2D eigenvalue weighted by molar-refractivity contribution is 0.296. The third kappa shape index (κ3) is 3.42. The Labute approximate surface area is 107 Å². The Morgan fingerprint density at radius 3 is 2.94 bits per heavy atom. The van der Waals surface area contributed by atoms with Gasteiger partial charge in [-0.2, -0.15) is 0 Å². The van der Waals surface area contributed by atoms with Crippen LogP contribution < -0.4 is 5.73 Å². The largest absolute Gasteiger partial charge is 0.468 e. The molecule has 2 N–H and O–H groups in total. The van der Waals surface area contributed by atoms with E-state index >= 15 is 0 Å². The molecule has 2 aromatic heterocycles. The van der Waals surface area contributed by atoms with Crippen molar-refractivity contribution in [3.8, 4) is 0 Å². The molecule has 0 aliphatic heterocycles. The number of hydrogen-bond donors (Lipinski definition) is 1. The molecule has 0 amide bonds. The number of nitrogens with zero attached hydrogens (tertiary/aromatic N) is 2. The molecule has 4 nitrogen and oxygen atoms in total. The van der Waals surface area contributed by atoms with Gasteiger partial charge in [-0.25, -0.2) is 0 Å². The third-order valence-corrected chi connectivity index (χ3v) is 2.95. The average Bonchev–Trinajstić information content (AvgIpc) is 2.85. The van der Waals surface area contributed by atoms with Crippen LogP contribution in [0, 0.1) is 0 Å². The van der Waals surface area contributed by atoms with Gasteiger partial charge in [-0.05, 0) is 25.2 Å². The molecule has 0 atom stereocenters. The van der Waals surface area contributed by atoms with Crippen molar-refractivity contribution < 1.29 is 4.42 Å². The second-order valence-corrected chi connectivity index (χ2v) is 4.38. The van der Waals surface area contributed by atoms with Gasteiger partial charge in [0, 0.05) is 37.0 Å². The van der Waals surface area contributed by atoms with Gasteiger partial charge in [-0.15, -0.1) is 0 Å². The van der Waals surface area contributed by atoms with Crippen LogP contribution in [0.2, 0.25) is 0 Å². The first kappa shape index (κ1) is 12.8. The summed E-state index contributed by atoms with van der Waals surface area (Å²) in [6.07, 6.45) is 4.47. The summed E-state index contributed by atoms with van der Waals surface area (Å²) in [5, 5.41) is 0. The molecule has 0 saturated heterocycles. The molecule has 0 spiro atoms. The van der Waals surface area contributed by atoms with Crippen LogP contribution in [0.25, 0.3) is 0 Å². The van der Waals surface area contributed by atoms with Gasteiger partial charge in [0.05, 0.1) is 12.8 Å². The average molecular weight is 245 g/mol. The van der Waals surface area contributed by atoms with Gasteiger partial charge >= 0.3 is 0 Å². The van der Waals surface area contributed by atoms with Crippen LogP contribution in [0.5, 0.6) is 0 Å². The summed E-state index contributed by atoms with van der Waals surface area (Å²) in [5.74, 6) is 0.959. The summed E-state index contributed by atoms with van der Waals surface area (Å²) in [7, 11) is 2.08. The molecule has 0 fully saturated rings. The first-order chi connectivity index (χ1) is 8.79. The molecule has 0 bridgehead atoms. The van der Waals surface area contributed by atoms with E-state index < -0.39 is 0 Å². The summed E-state index contributed by atoms with van der Waals surface area (Å²) < 4.78 is 5.44. The van der Waals surface area contributed by atoms with Gasteiger partial charge in [0.25, 0.3) is 0 Å². The molecular weight excluding hydrogens is 226 g/mol. The number of aromatic nitrogens is 1. The Bertz CT molecular complexity index is 467. The molecule has 0 aliphatic rings. The van der Waals surface area contributed by atoms with E-state index in [1.807, 2.05) is 30.5 Å². The lowest BCUT2D eigenvalue weighted by Crippen LogP contribution is -2.21. The van der Waals surface area contributed by atoms with Crippen LogP contribution in [0.3, 0.4) is 0 Å². The Morgan fingerprint density at radius 1 is 1.33 bits per heavy atom. The van der Waals surface area contributed by atoms with Gasteiger partial charge in [-0.3, -0.25) is 9.88 Å². The van der Waals surface area contributed by atoms with Crippen molar-refractivity contribution in [1.29, 1.82) is 0 Å². The monoisotopic (exact) mass is 245 g/mol. The van der Waals surface area contributed by atoms with E-state index in [-0.39, 0.29) is 0 Å². The summed E-state index contributed by atoms with van der Waals surface area (Å²) in [6.45, 7) is 2.26. The summed E-state index contributed by atoms with van der Waals surface area (Å²) in [5.41, 5.74) is 7.84. The Morgan fingerprint density at radius 2 is 2.22 bits per heavy atom. The first-order valence-electron chi connectivity index (χ1n) is 6.13. The highest BCUT2D eigenvalue weighted by molar-refractivity contribution is 5.16. The highest BCUT2D eigenvalue weighted by Gasteiger charge is 2.08. The van der Waals surface area contributed by atoms with Crippen molar-refractivity contribution in [2.45, 2.75) is 19.5 Å². The second-order valence-electron chi connectivity index (χ2n) is 4.38. The zero-order chi connectivity index (χ0) is 12.8. The van der Waals surface area contributed by atoms with Gasteiger partial charge in [0.1, 0.15) is 5.76 Å². The number of likely N-dealkylation sites (N-methyl/N-ethyl adjacent to an activating group) is 1. The van der Waals surface area contributed by atoms with Gasteiger partial charge in [0.2, 0.25) is 0 Å². The third-order valence-electron chi connectivity index (χ3n) is 2.95. The maximum absolute atomic E-state index is 5.65. The van der Waals surface area contributed by atoms with Crippen molar-refractivity contribution in [2.24, 2.45) is 5.73 Å². The van der Waals surface area contributed by atoms with Crippen LogP contribution in [0.15, 0.2) is 41.1 Å². The number of nitrogens with two attached hydrogens (primary N) is 1. The minimum atomic E-state index is 0.528. The van der Waals surface area contributed by atoms with E-state index in [0.29, 0.717) is 6.54 Å². The molecular formula is C14H19N3O. The molecule has 4 heteroatoms. The first-order valence-corrected chi connectivity index (χ1v) is 6.13. The minimum absolute atomic E-state index is 0.528. The second kappa shape index (κ2) is 6.33. The molecule has 0 radical (unpaired) electrons. The maximum Gasteiger partial charge on any atom is 0.122 e. The highest BCUT2D eigenvalue weighted by Crippen LogP contribution is 2.12. The smallest absolute Gasteiger partial charge is 0.122 e. The lowest BCUT2D eigenvalue weighted by atomic mass is 10.2. The number of hydrogen-bond acceptors (Lipinski definition) is 4. The van der Waals surface area contributed by atoms with Crippen molar-refractivity contribution in [3.05, 3.63) is 53.7 Å². The predicted molar refractivity (Wildman–Crippen MR) is 70.9 cm³/mol. The van der Waals surface area contributed by atoms with Crippen LogP contribution in [0.4, 0.5) is 0 Å². The van der Waals surface area contributed by atoms with E-state index in [1.165, 1.54) is 0 Å². The van der Waals surface area contributed by atoms with E-state index in [0.717, 1.165) is 36.5 Å². The summed E-state index contributed by atoms with van der Waals surface area (Å²) in [6, 6.07) is 7.93. The van der Waals surface area contributed by atoms with Crippen LogP contribution >= 0.6 is 0 Å². The lowest BCUT2D eigenvalue weighted by Gasteiger charge is -2.15. The molecule has 2 rings (SSSR count). The van der Waals surface area contributed by atoms with E-state index in [4.69, 9.17) is 10.2 Å². The fourth-order valence-corrected chi connectivity index (χ4v) is 1.86. The Balaban J connectivity index is 1.84. The molecule has 0 unspecified atom stereocenters. The Hall–Kier alpha value is -1.65. The van der Waals surface area contributed by atoms with Crippen LogP contribution in [-0.4, -0.2) is 23.5 Å². The molecule has 18 heavy (non-hydrogen) atoms. The zero-order valence-electron chi connectivity index (χ0n) is 10.7. The maximum atomic E-state index is 5.65. The van der Waals surface area contributed by atoms with Crippen LogP contribution in [-0.2, 0) is 19.5 Å². The molecule has 0 aliphatic carbocycles. The van der Waals surface area contributed by atoms with E-state index in [2.05, 4.69) is 16.9 Å². The zero-order valence-corrected chi connectivity index (χ0v) is 10.7. The fraction of sp³-hybridized carbons (Fsp3) is 0.357. The normalized spacial score (nSPS) is 11.1. The molecule has 96 valence electrons. The molecule has 0 saturated carbocycles.